The van der Waals surface area contributed by atoms with E-state index < -0.39 is 27.2 Å². The van der Waals surface area contributed by atoms with Crippen molar-refractivity contribution in [2.75, 3.05) is 0 Å². The number of halogens is 1. The molecule has 20 heavy (non-hydrogen) atoms. The average Bonchev–Trinajstić information content (AvgIpc) is 2.39. The average molecular weight is 300 g/mol. The largest absolute Gasteiger partial charge is 0.478 e. The number of hydrogen-bond acceptors (Lipinski definition) is 3. The lowest BCUT2D eigenvalue weighted by Crippen LogP contribution is -2.25. The molecule has 0 aromatic heterocycles. The van der Waals surface area contributed by atoms with Crippen LogP contribution in [0.3, 0.4) is 0 Å². The van der Waals surface area contributed by atoms with Crippen molar-refractivity contribution in [1.29, 1.82) is 0 Å². The maximum Gasteiger partial charge on any atom is 0.338 e. The third kappa shape index (κ3) is 3.36. The molecule has 1 aliphatic carbocycles. The molecule has 1 aromatic carbocycles. The van der Waals surface area contributed by atoms with Crippen molar-refractivity contribution in [1.82, 2.24) is 0 Å². The van der Waals surface area contributed by atoms with Crippen LogP contribution < -0.4 is 0 Å². The highest BCUT2D eigenvalue weighted by Crippen LogP contribution is 2.26. The highest BCUT2D eigenvalue weighted by molar-refractivity contribution is 7.91. The minimum Gasteiger partial charge on any atom is -0.478 e. The van der Waals surface area contributed by atoms with Gasteiger partial charge in [0.15, 0.2) is 9.84 Å². The van der Waals surface area contributed by atoms with Crippen molar-refractivity contribution < 1.29 is 22.7 Å². The Balaban J connectivity index is 2.17. The van der Waals surface area contributed by atoms with E-state index in [1.807, 2.05) is 0 Å². The second kappa shape index (κ2) is 5.91. The molecule has 0 spiro atoms. The second-order valence-electron chi connectivity index (χ2n) is 5.19. The lowest BCUT2D eigenvalue weighted by atomic mass is 10.0. The van der Waals surface area contributed by atoms with Gasteiger partial charge in [0, 0.05) is 0 Å². The third-order valence-electron chi connectivity index (χ3n) is 3.69. The maximum absolute atomic E-state index is 13.5. The molecular formula is C14H17FO4S. The maximum atomic E-state index is 13.5. The van der Waals surface area contributed by atoms with Crippen molar-refractivity contribution in [2.45, 2.75) is 43.1 Å². The van der Waals surface area contributed by atoms with Gasteiger partial charge in [-0.15, -0.1) is 0 Å². The van der Waals surface area contributed by atoms with Gasteiger partial charge in [0.2, 0.25) is 0 Å². The highest BCUT2D eigenvalue weighted by Gasteiger charge is 2.27. The first-order valence-corrected chi connectivity index (χ1v) is 8.35. The van der Waals surface area contributed by atoms with Crippen molar-refractivity contribution >= 4 is 15.8 Å². The van der Waals surface area contributed by atoms with Crippen LogP contribution in [-0.2, 0) is 15.6 Å². The van der Waals surface area contributed by atoms with Crippen molar-refractivity contribution in [2.24, 2.45) is 0 Å². The normalized spacial score (nSPS) is 17.1. The third-order valence-corrected chi connectivity index (χ3v) is 5.91. The molecule has 1 saturated carbocycles. The molecular weight excluding hydrogens is 283 g/mol. The standard InChI is InChI=1S/C14H17FO4S/c15-13-8-10(6-7-12(13)14(16)17)9-20(18,19)11-4-2-1-3-5-11/h6-8,11H,1-5,9H2,(H,16,17). The Labute approximate surface area is 117 Å². The van der Waals surface area contributed by atoms with Crippen LogP contribution in [0.15, 0.2) is 18.2 Å². The summed E-state index contributed by atoms with van der Waals surface area (Å²) in [5.74, 6) is -2.48. The Bertz CT molecular complexity index is 604. The fraction of sp³-hybridized carbons (Fsp3) is 0.500. The van der Waals surface area contributed by atoms with Crippen LogP contribution in [0.4, 0.5) is 4.39 Å². The summed E-state index contributed by atoms with van der Waals surface area (Å²) in [5.41, 5.74) is -0.137. The highest BCUT2D eigenvalue weighted by atomic mass is 32.2. The van der Waals surface area contributed by atoms with Gasteiger partial charge >= 0.3 is 5.97 Å². The number of rotatable bonds is 4. The summed E-state index contributed by atoms with van der Waals surface area (Å²) in [5, 5.41) is 8.39. The summed E-state index contributed by atoms with van der Waals surface area (Å²) in [4.78, 5) is 10.7. The molecule has 0 heterocycles. The van der Waals surface area contributed by atoms with Gasteiger partial charge in [-0.1, -0.05) is 25.3 Å². The zero-order valence-corrected chi connectivity index (χ0v) is 11.8. The molecule has 1 aliphatic rings. The van der Waals surface area contributed by atoms with E-state index in [1.165, 1.54) is 6.07 Å². The molecule has 0 amide bonds. The molecule has 1 aromatic rings. The summed E-state index contributed by atoms with van der Waals surface area (Å²) in [6, 6.07) is 3.49. The summed E-state index contributed by atoms with van der Waals surface area (Å²) in [6.07, 6.45) is 4.22. The van der Waals surface area contributed by atoms with Crippen molar-refractivity contribution in [3.8, 4) is 0 Å². The molecule has 0 atom stereocenters. The first-order valence-electron chi connectivity index (χ1n) is 6.63. The van der Waals surface area contributed by atoms with E-state index in [4.69, 9.17) is 5.11 Å². The van der Waals surface area contributed by atoms with E-state index in [1.54, 1.807) is 0 Å². The molecule has 110 valence electrons. The van der Waals surface area contributed by atoms with Gasteiger partial charge in [-0.25, -0.2) is 17.6 Å². The van der Waals surface area contributed by atoms with Crippen LogP contribution in [0.25, 0.3) is 0 Å². The van der Waals surface area contributed by atoms with E-state index in [2.05, 4.69) is 0 Å². The van der Waals surface area contributed by atoms with Crippen LogP contribution in [0.5, 0.6) is 0 Å². The summed E-state index contributed by atoms with van der Waals surface area (Å²) >= 11 is 0. The minimum absolute atomic E-state index is 0.228. The number of carboxylic acid groups (broad SMARTS) is 1. The molecule has 0 saturated heterocycles. The smallest absolute Gasteiger partial charge is 0.338 e. The van der Waals surface area contributed by atoms with Crippen molar-refractivity contribution in [3.05, 3.63) is 35.1 Å². The van der Waals surface area contributed by atoms with E-state index in [0.717, 1.165) is 31.4 Å². The minimum atomic E-state index is -3.30. The Hall–Kier alpha value is -1.43. The Morgan fingerprint density at radius 2 is 1.90 bits per heavy atom. The number of benzene rings is 1. The van der Waals surface area contributed by atoms with Gasteiger partial charge in [0.1, 0.15) is 5.82 Å². The van der Waals surface area contributed by atoms with Gasteiger partial charge in [-0.3, -0.25) is 0 Å². The fourth-order valence-corrected chi connectivity index (χ4v) is 4.53. The molecule has 0 unspecified atom stereocenters. The van der Waals surface area contributed by atoms with E-state index in [0.29, 0.717) is 18.4 Å². The van der Waals surface area contributed by atoms with E-state index in [-0.39, 0.29) is 11.0 Å². The Morgan fingerprint density at radius 1 is 1.25 bits per heavy atom. The number of sulfone groups is 1. The molecule has 1 N–H and O–H groups in total. The molecule has 0 radical (unpaired) electrons. The zero-order chi connectivity index (χ0) is 14.8. The van der Waals surface area contributed by atoms with Crippen LogP contribution in [0.1, 0.15) is 48.0 Å². The van der Waals surface area contributed by atoms with Gasteiger partial charge in [-0.05, 0) is 30.5 Å². The molecule has 4 nitrogen and oxygen atoms in total. The number of carboxylic acids is 1. The van der Waals surface area contributed by atoms with Crippen LogP contribution in [0, 0.1) is 5.82 Å². The first kappa shape index (κ1) is 15.0. The summed E-state index contributed by atoms with van der Waals surface area (Å²) < 4.78 is 38.0. The Morgan fingerprint density at radius 3 is 2.45 bits per heavy atom. The number of aromatic carboxylic acids is 1. The van der Waals surface area contributed by atoms with E-state index >= 15 is 0 Å². The predicted molar refractivity (Wildman–Crippen MR) is 72.9 cm³/mol. The fourth-order valence-electron chi connectivity index (χ4n) is 2.60. The van der Waals surface area contributed by atoms with Gasteiger partial charge in [0.05, 0.1) is 16.6 Å². The van der Waals surface area contributed by atoms with Gasteiger partial charge < -0.3 is 5.11 Å². The quantitative estimate of drug-likeness (QED) is 0.928. The molecule has 0 aliphatic heterocycles. The second-order valence-corrected chi connectivity index (χ2v) is 7.47. The summed E-state index contributed by atoms with van der Waals surface area (Å²) in [7, 11) is -3.30. The molecule has 0 bridgehead atoms. The monoisotopic (exact) mass is 300 g/mol. The summed E-state index contributed by atoms with van der Waals surface area (Å²) in [6.45, 7) is 0. The van der Waals surface area contributed by atoms with Crippen LogP contribution >= 0.6 is 0 Å². The zero-order valence-electron chi connectivity index (χ0n) is 11.0. The van der Waals surface area contributed by atoms with Gasteiger partial charge in [-0.2, -0.15) is 0 Å². The molecule has 6 heteroatoms. The topological polar surface area (TPSA) is 71.4 Å². The number of carbonyl (C=O) groups is 1. The van der Waals surface area contributed by atoms with Crippen LogP contribution in [0.2, 0.25) is 0 Å². The number of hydrogen-bond donors (Lipinski definition) is 1. The molecule has 2 rings (SSSR count). The Kier molecular flexibility index (Phi) is 4.42. The SMILES string of the molecule is O=C(O)c1ccc(CS(=O)(=O)C2CCCCC2)cc1F. The lowest BCUT2D eigenvalue weighted by Gasteiger charge is -2.21. The lowest BCUT2D eigenvalue weighted by molar-refractivity contribution is 0.0692. The van der Waals surface area contributed by atoms with E-state index in [9.17, 15) is 17.6 Å². The predicted octanol–water partition coefficient (Wildman–Crippen LogP) is 2.77. The molecule has 1 fully saturated rings. The first-order chi connectivity index (χ1) is 9.40. The van der Waals surface area contributed by atoms with Crippen molar-refractivity contribution in [3.63, 3.8) is 0 Å². The van der Waals surface area contributed by atoms with Gasteiger partial charge in [0.25, 0.3) is 0 Å². The van der Waals surface area contributed by atoms with Crippen LogP contribution in [-0.4, -0.2) is 24.7 Å².